The average Bonchev–Trinajstić information content (AvgIpc) is 2.68. The van der Waals surface area contributed by atoms with Gasteiger partial charge in [-0.3, -0.25) is 0 Å². The monoisotopic (exact) mass is 150 g/mol. The van der Waals surface area contributed by atoms with Crippen LogP contribution >= 0.6 is 11.8 Å². The van der Waals surface area contributed by atoms with Crippen molar-refractivity contribution < 1.29 is 0 Å². The van der Waals surface area contributed by atoms with Crippen molar-refractivity contribution in [3.8, 4) is 0 Å². The van der Waals surface area contributed by atoms with Crippen LogP contribution < -0.4 is 0 Å². The Bertz CT molecular complexity index is 238. The molecule has 0 aliphatic carbocycles. The Kier molecular flexibility index (Phi) is 1.46. The Morgan fingerprint density at radius 2 is 2.30 bits per heavy atom. The predicted molar refractivity (Wildman–Crippen MR) is 46.4 cm³/mol. The molecule has 0 amide bonds. The lowest BCUT2D eigenvalue weighted by Gasteiger charge is -1.96. The Morgan fingerprint density at radius 1 is 1.50 bits per heavy atom. The molecule has 1 fully saturated rings. The normalized spacial score (nSPS) is 22.7. The second-order valence-electron chi connectivity index (χ2n) is 2.74. The Morgan fingerprint density at radius 3 is 2.90 bits per heavy atom. The summed E-state index contributed by atoms with van der Waals surface area (Å²) in [5.74, 6) is 1.32. The number of aryl methyl sites for hydroxylation is 1. The van der Waals surface area contributed by atoms with Crippen LogP contribution in [-0.4, -0.2) is 5.75 Å². The van der Waals surface area contributed by atoms with E-state index in [1.54, 1.807) is 0 Å². The summed E-state index contributed by atoms with van der Waals surface area (Å²) >= 11 is 2.03. The molecule has 1 heteroatoms. The van der Waals surface area contributed by atoms with Crippen LogP contribution in [0.5, 0.6) is 0 Å². The maximum Gasteiger partial charge on any atom is 0.0388 e. The number of thioether (sulfide) groups is 1. The first-order valence-corrected chi connectivity index (χ1v) is 4.59. The highest BCUT2D eigenvalue weighted by Gasteiger charge is 2.23. The summed E-state index contributed by atoms with van der Waals surface area (Å²) in [6.07, 6.45) is 0. The minimum Gasteiger partial charge on any atom is -0.151 e. The molecular formula is C9H10S. The molecule has 0 radical (unpaired) electrons. The van der Waals surface area contributed by atoms with Gasteiger partial charge in [0.05, 0.1) is 0 Å². The van der Waals surface area contributed by atoms with Crippen LogP contribution in [0.4, 0.5) is 0 Å². The molecule has 2 rings (SSSR count). The molecule has 0 saturated carbocycles. The highest BCUT2D eigenvalue weighted by Crippen LogP contribution is 2.45. The maximum absolute atomic E-state index is 2.28. The molecule has 1 aromatic rings. The van der Waals surface area contributed by atoms with Crippen molar-refractivity contribution in [1.82, 2.24) is 0 Å². The summed E-state index contributed by atoms with van der Waals surface area (Å²) in [5, 5.41) is 0.819. The third kappa shape index (κ3) is 1.19. The lowest BCUT2D eigenvalue weighted by Crippen LogP contribution is -1.79. The molecule has 0 spiro atoms. The lowest BCUT2D eigenvalue weighted by atomic mass is 10.1. The van der Waals surface area contributed by atoms with Crippen molar-refractivity contribution in [1.29, 1.82) is 0 Å². The topological polar surface area (TPSA) is 0 Å². The molecule has 1 aliphatic rings. The summed E-state index contributed by atoms with van der Waals surface area (Å²) in [4.78, 5) is 0. The Balaban J connectivity index is 2.32. The fraction of sp³-hybridized carbons (Fsp3) is 0.333. The number of hydrogen-bond donors (Lipinski definition) is 0. The van der Waals surface area contributed by atoms with Gasteiger partial charge in [0.2, 0.25) is 0 Å². The SMILES string of the molecule is Cc1cccc(C2CS2)c1. The van der Waals surface area contributed by atoms with Gasteiger partial charge in [0.1, 0.15) is 0 Å². The van der Waals surface area contributed by atoms with Gasteiger partial charge in [-0.1, -0.05) is 29.8 Å². The zero-order chi connectivity index (χ0) is 6.97. The van der Waals surface area contributed by atoms with Gasteiger partial charge in [-0.15, -0.1) is 0 Å². The molecule has 1 aromatic carbocycles. The minimum atomic E-state index is 0.819. The second kappa shape index (κ2) is 2.31. The number of hydrogen-bond acceptors (Lipinski definition) is 1. The van der Waals surface area contributed by atoms with Gasteiger partial charge in [-0.2, -0.15) is 11.8 Å². The molecule has 1 heterocycles. The fourth-order valence-electron chi connectivity index (χ4n) is 1.11. The molecule has 1 aliphatic heterocycles. The minimum absolute atomic E-state index is 0.819. The van der Waals surface area contributed by atoms with Crippen molar-refractivity contribution in [3.05, 3.63) is 35.4 Å². The van der Waals surface area contributed by atoms with E-state index in [0.717, 1.165) is 5.25 Å². The van der Waals surface area contributed by atoms with Gasteiger partial charge in [0.15, 0.2) is 0 Å². The quantitative estimate of drug-likeness (QED) is 0.555. The predicted octanol–water partition coefficient (Wildman–Crippen LogP) is 2.78. The smallest absolute Gasteiger partial charge is 0.0388 e. The van der Waals surface area contributed by atoms with E-state index in [9.17, 15) is 0 Å². The van der Waals surface area contributed by atoms with Gasteiger partial charge < -0.3 is 0 Å². The molecule has 1 saturated heterocycles. The van der Waals surface area contributed by atoms with Crippen molar-refractivity contribution in [2.75, 3.05) is 5.75 Å². The van der Waals surface area contributed by atoms with E-state index < -0.39 is 0 Å². The van der Waals surface area contributed by atoms with Gasteiger partial charge >= 0.3 is 0 Å². The van der Waals surface area contributed by atoms with E-state index in [0.29, 0.717) is 0 Å². The third-order valence-corrected chi connectivity index (χ3v) is 2.69. The van der Waals surface area contributed by atoms with E-state index >= 15 is 0 Å². The summed E-state index contributed by atoms with van der Waals surface area (Å²) in [6.45, 7) is 2.15. The van der Waals surface area contributed by atoms with Crippen LogP contribution in [0.2, 0.25) is 0 Å². The summed E-state index contributed by atoms with van der Waals surface area (Å²) in [6, 6.07) is 8.79. The first-order chi connectivity index (χ1) is 4.86. The maximum atomic E-state index is 2.28. The van der Waals surface area contributed by atoms with Gasteiger partial charge in [-0.25, -0.2) is 0 Å². The molecule has 10 heavy (non-hydrogen) atoms. The van der Waals surface area contributed by atoms with Crippen molar-refractivity contribution in [2.45, 2.75) is 12.2 Å². The first kappa shape index (κ1) is 6.29. The van der Waals surface area contributed by atoms with Gasteiger partial charge in [0, 0.05) is 11.0 Å². The molecule has 0 nitrogen and oxygen atoms in total. The van der Waals surface area contributed by atoms with Gasteiger partial charge in [0.25, 0.3) is 0 Å². The molecular weight excluding hydrogens is 140 g/mol. The van der Waals surface area contributed by atoms with E-state index in [1.807, 2.05) is 11.8 Å². The zero-order valence-corrected chi connectivity index (χ0v) is 6.82. The zero-order valence-electron chi connectivity index (χ0n) is 6.00. The van der Waals surface area contributed by atoms with Crippen molar-refractivity contribution >= 4 is 11.8 Å². The first-order valence-electron chi connectivity index (χ1n) is 3.54. The largest absolute Gasteiger partial charge is 0.151 e. The molecule has 0 aromatic heterocycles. The van der Waals surface area contributed by atoms with Gasteiger partial charge in [-0.05, 0) is 12.5 Å². The van der Waals surface area contributed by atoms with Crippen molar-refractivity contribution in [2.24, 2.45) is 0 Å². The lowest BCUT2D eigenvalue weighted by molar-refractivity contribution is 1.21. The molecule has 52 valence electrons. The molecule has 0 N–H and O–H groups in total. The standard InChI is InChI=1S/C9H10S/c1-7-3-2-4-8(5-7)9-6-10-9/h2-5,9H,6H2,1H3. The van der Waals surface area contributed by atoms with E-state index in [1.165, 1.54) is 16.9 Å². The summed E-state index contributed by atoms with van der Waals surface area (Å²) in [5.41, 5.74) is 2.88. The van der Waals surface area contributed by atoms with E-state index in [2.05, 4.69) is 31.2 Å². The van der Waals surface area contributed by atoms with E-state index in [-0.39, 0.29) is 0 Å². The van der Waals surface area contributed by atoms with Crippen LogP contribution in [0.25, 0.3) is 0 Å². The highest BCUT2D eigenvalue weighted by atomic mass is 32.2. The highest BCUT2D eigenvalue weighted by molar-refractivity contribution is 8.06. The summed E-state index contributed by atoms with van der Waals surface area (Å²) < 4.78 is 0. The fourth-order valence-corrected chi connectivity index (χ4v) is 1.74. The van der Waals surface area contributed by atoms with Crippen LogP contribution in [-0.2, 0) is 0 Å². The van der Waals surface area contributed by atoms with Crippen LogP contribution in [0.1, 0.15) is 16.4 Å². The third-order valence-electron chi connectivity index (χ3n) is 1.75. The molecule has 1 unspecified atom stereocenters. The van der Waals surface area contributed by atoms with Crippen molar-refractivity contribution in [3.63, 3.8) is 0 Å². The summed E-state index contributed by atoms with van der Waals surface area (Å²) in [7, 11) is 0. The molecule has 1 atom stereocenters. The van der Waals surface area contributed by atoms with Crippen LogP contribution in [0.15, 0.2) is 24.3 Å². The second-order valence-corrected chi connectivity index (χ2v) is 3.97. The average molecular weight is 150 g/mol. The van der Waals surface area contributed by atoms with Crippen LogP contribution in [0.3, 0.4) is 0 Å². The number of rotatable bonds is 1. The van der Waals surface area contributed by atoms with E-state index in [4.69, 9.17) is 0 Å². The number of benzene rings is 1. The Labute approximate surface area is 65.6 Å². The Hall–Kier alpha value is -0.430. The van der Waals surface area contributed by atoms with Crippen LogP contribution in [0, 0.1) is 6.92 Å². The molecule has 0 bridgehead atoms.